The number of primary amides is 1. The van der Waals surface area contributed by atoms with E-state index in [1.807, 2.05) is 13.0 Å². The largest absolute Gasteiger partial charge is 0.366 e. The summed E-state index contributed by atoms with van der Waals surface area (Å²) in [6.45, 7) is 1.87. The zero-order valence-electron chi connectivity index (χ0n) is 23.5. The van der Waals surface area contributed by atoms with Crippen LogP contribution in [0.2, 0.25) is 10.0 Å². The highest BCUT2D eigenvalue weighted by Gasteiger charge is 2.21. The molecule has 0 aliphatic rings. The number of halogens is 2. The van der Waals surface area contributed by atoms with Crippen LogP contribution in [-0.4, -0.2) is 28.9 Å². The fourth-order valence-electron chi connectivity index (χ4n) is 4.07. The van der Waals surface area contributed by atoms with Gasteiger partial charge in [-0.15, -0.1) is 11.8 Å². The van der Waals surface area contributed by atoms with E-state index in [-0.39, 0.29) is 17.2 Å². The van der Waals surface area contributed by atoms with Gasteiger partial charge >= 0.3 is 0 Å². The number of anilines is 2. The molecule has 4 amide bonds. The summed E-state index contributed by atoms with van der Waals surface area (Å²) in [5, 5.41) is 8.51. The lowest BCUT2D eigenvalue weighted by Gasteiger charge is -2.17. The molecular weight excluding hydrogens is 619 g/mol. The summed E-state index contributed by atoms with van der Waals surface area (Å²) in [6.07, 6.45) is 1.96. The zero-order chi connectivity index (χ0) is 31.6. The van der Waals surface area contributed by atoms with E-state index in [2.05, 4.69) is 16.0 Å². The molecule has 4 rings (SSSR count). The summed E-state index contributed by atoms with van der Waals surface area (Å²) < 4.78 is 0. The van der Waals surface area contributed by atoms with Gasteiger partial charge in [-0.2, -0.15) is 0 Å². The minimum absolute atomic E-state index is 0.0416. The minimum Gasteiger partial charge on any atom is -0.366 e. The zero-order valence-corrected chi connectivity index (χ0v) is 25.8. The fraction of sp³-hybridized carbons (Fsp3) is 0.0909. The average Bonchev–Trinajstić information content (AvgIpc) is 3.01. The molecule has 0 aliphatic heterocycles. The molecule has 8 nitrogen and oxygen atoms in total. The average molecular weight is 648 g/mol. The third-order valence-electron chi connectivity index (χ3n) is 6.28. The van der Waals surface area contributed by atoms with Crippen molar-refractivity contribution in [2.45, 2.75) is 23.5 Å². The van der Waals surface area contributed by atoms with Crippen LogP contribution in [0.25, 0.3) is 6.08 Å². The molecule has 0 spiro atoms. The summed E-state index contributed by atoms with van der Waals surface area (Å²) in [4.78, 5) is 52.0. The maximum atomic E-state index is 13.5. The maximum Gasteiger partial charge on any atom is 0.272 e. The molecule has 44 heavy (non-hydrogen) atoms. The molecule has 4 aromatic carbocycles. The number of amides is 4. The number of rotatable bonds is 11. The van der Waals surface area contributed by atoms with Gasteiger partial charge in [-0.25, -0.2) is 0 Å². The van der Waals surface area contributed by atoms with Gasteiger partial charge in [0.1, 0.15) is 5.70 Å². The van der Waals surface area contributed by atoms with Gasteiger partial charge in [-0.05, 0) is 72.7 Å². The molecule has 0 aliphatic carbocycles. The van der Waals surface area contributed by atoms with Gasteiger partial charge in [0, 0.05) is 26.2 Å². The molecule has 0 bridgehead atoms. The molecule has 4 aromatic rings. The predicted molar refractivity (Wildman–Crippen MR) is 177 cm³/mol. The molecule has 0 fully saturated rings. The number of benzene rings is 4. The Labute approximate surface area is 269 Å². The van der Waals surface area contributed by atoms with Crippen LogP contribution in [0.1, 0.15) is 39.6 Å². The van der Waals surface area contributed by atoms with Gasteiger partial charge in [0.2, 0.25) is 5.91 Å². The Kier molecular flexibility index (Phi) is 11.2. The Balaban J connectivity index is 1.53. The van der Waals surface area contributed by atoms with Gasteiger partial charge in [-0.1, -0.05) is 72.6 Å². The third-order valence-corrected chi connectivity index (χ3v) is 8.20. The Morgan fingerprint density at radius 1 is 0.864 bits per heavy atom. The van der Waals surface area contributed by atoms with E-state index in [0.717, 1.165) is 0 Å². The van der Waals surface area contributed by atoms with Gasteiger partial charge in [0.25, 0.3) is 17.7 Å². The molecule has 0 saturated carbocycles. The molecule has 0 heterocycles. The maximum absolute atomic E-state index is 13.5. The van der Waals surface area contributed by atoms with Gasteiger partial charge in [-0.3, -0.25) is 19.2 Å². The lowest BCUT2D eigenvalue weighted by atomic mass is 10.1. The summed E-state index contributed by atoms with van der Waals surface area (Å²) in [5.74, 6) is -2.00. The van der Waals surface area contributed by atoms with Gasteiger partial charge < -0.3 is 21.7 Å². The number of nitrogens with one attached hydrogen (secondary N) is 3. The van der Waals surface area contributed by atoms with E-state index in [1.165, 1.54) is 23.9 Å². The van der Waals surface area contributed by atoms with E-state index in [0.29, 0.717) is 43.9 Å². The summed E-state index contributed by atoms with van der Waals surface area (Å²) >= 11 is 13.7. The van der Waals surface area contributed by atoms with Crippen LogP contribution in [0.3, 0.4) is 0 Å². The second kappa shape index (κ2) is 15.2. The van der Waals surface area contributed by atoms with Gasteiger partial charge in [0.15, 0.2) is 0 Å². The molecule has 1 atom stereocenters. The molecule has 0 radical (unpaired) electrons. The van der Waals surface area contributed by atoms with Crippen LogP contribution in [0, 0.1) is 0 Å². The summed E-state index contributed by atoms with van der Waals surface area (Å²) in [5.41, 5.74) is 7.25. The molecule has 11 heteroatoms. The van der Waals surface area contributed by atoms with Crippen molar-refractivity contribution in [3.63, 3.8) is 0 Å². The van der Waals surface area contributed by atoms with E-state index < -0.39 is 23.0 Å². The van der Waals surface area contributed by atoms with Crippen molar-refractivity contribution in [1.82, 2.24) is 5.32 Å². The van der Waals surface area contributed by atoms with E-state index in [9.17, 15) is 19.2 Å². The molecule has 1 unspecified atom stereocenters. The first kappa shape index (κ1) is 32.3. The smallest absolute Gasteiger partial charge is 0.272 e. The van der Waals surface area contributed by atoms with Crippen molar-refractivity contribution in [2.24, 2.45) is 5.73 Å². The predicted octanol–water partition coefficient (Wildman–Crippen LogP) is 7.01. The first-order valence-corrected chi connectivity index (χ1v) is 15.1. The lowest BCUT2D eigenvalue weighted by Crippen LogP contribution is -2.30. The number of carbonyl (C=O) groups is 4. The molecular formula is C33H28Cl2N4O4S. The van der Waals surface area contributed by atoms with Crippen LogP contribution >= 0.6 is 35.0 Å². The van der Waals surface area contributed by atoms with Crippen molar-refractivity contribution in [2.75, 3.05) is 10.6 Å². The number of nitrogens with two attached hydrogens (primary N) is 1. The van der Waals surface area contributed by atoms with E-state index in [4.69, 9.17) is 28.9 Å². The van der Waals surface area contributed by atoms with Crippen LogP contribution in [0.5, 0.6) is 0 Å². The van der Waals surface area contributed by atoms with Crippen LogP contribution in [-0.2, 0) is 9.59 Å². The Morgan fingerprint density at radius 3 is 2.30 bits per heavy atom. The highest BCUT2D eigenvalue weighted by molar-refractivity contribution is 8.00. The van der Waals surface area contributed by atoms with Crippen molar-refractivity contribution >= 4 is 76.0 Å². The Hall–Kier alpha value is -4.57. The summed E-state index contributed by atoms with van der Waals surface area (Å²) in [7, 11) is 0. The first-order chi connectivity index (χ1) is 21.1. The molecule has 5 N–H and O–H groups in total. The van der Waals surface area contributed by atoms with Crippen LogP contribution in [0.4, 0.5) is 11.4 Å². The molecule has 0 aromatic heterocycles. The summed E-state index contributed by atoms with van der Waals surface area (Å²) in [6, 6.07) is 26.8. The molecule has 224 valence electrons. The topological polar surface area (TPSA) is 130 Å². The normalized spacial score (nSPS) is 11.8. The van der Waals surface area contributed by atoms with Crippen LogP contribution in [0.15, 0.2) is 108 Å². The van der Waals surface area contributed by atoms with E-state index >= 15 is 0 Å². The Morgan fingerprint density at radius 2 is 1.59 bits per heavy atom. The number of para-hydroxylation sites is 1. The number of hydrogen-bond acceptors (Lipinski definition) is 5. The lowest BCUT2D eigenvalue weighted by molar-refractivity contribution is -0.116. The number of carbonyl (C=O) groups excluding carboxylic acids is 4. The number of hydrogen-bond donors (Lipinski definition) is 4. The second-order valence-electron chi connectivity index (χ2n) is 9.44. The highest BCUT2D eigenvalue weighted by atomic mass is 35.5. The number of thioether (sulfide) groups is 1. The standard InChI is InChI=1S/C33H28Cl2N4O4S/c1-2-29(33(43)38-27-14-7-6-13-25(27)30(36)40)44-24-12-8-11-23(19-24)37-32(42)28(17-21-15-16-22(34)18-26(21)35)39-31(41)20-9-4-3-5-10-20/h3-19,29H,2H2,1H3,(H2,36,40)(H,37,42)(H,38,43)(H,39,41)/b28-17+. The van der Waals surface area contributed by atoms with Crippen molar-refractivity contribution in [1.29, 1.82) is 0 Å². The van der Waals surface area contributed by atoms with E-state index in [1.54, 1.807) is 84.9 Å². The molecule has 0 saturated heterocycles. The minimum atomic E-state index is -0.642. The van der Waals surface area contributed by atoms with Gasteiger partial charge in [0.05, 0.1) is 16.5 Å². The Bertz CT molecular complexity index is 1730. The first-order valence-electron chi connectivity index (χ1n) is 13.5. The SMILES string of the molecule is CCC(Sc1cccc(NC(=O)/C(=C\c2ccc(Cl)cc2Cl)NC(=O)c2ccccc2)c1)C(=O)Nc1ccccc1C(N)=O. The quantitative estimate of drug-likeness (QED) is 0.103. The second-order valence-corrected chi connectivity index (χ2v) is 11.6. The fourth-order valence-corrected chi connectivity index (χ4v) is 5.55. The van der Waals surface area contributed by atoms with Crippen molar-refractivity contribution < 1.29 is 19.2 Å². The third kappa shape index (κ3) is 8.73. The highest BCUT2D eigenvalue weighted by Crippen LogP contribution is 2.29. The monoisotopic (exact) mass is 646 g/mol. The van der Waals surface area contributed by atoms with Crippen LogP contribution < -0.4 is 21.7 Å². The van der Waals surface area contributed by atoms with Crippen molar-refractivity contribution in [3.8, 4) is 0 Å². The van der Waals surface area contributed by atoms with Crippen molar-refractivity contribution in [3.05, 3.63) is 129 Å².